The van der Waals surface area contributed by atoms with Crippen molar-refractivity contribution in [1.82, 2.24) is 9.97 Å². The molecule has 1 aliphatic heterocycles. The van der Waals surface area contributed by atoms with Gasteiger partial charge in [-0.05, 0) is 18.6 Å². The Bertz CT molecular complexity index is 881. The average molecular weight is 390 g/mol. The van der Waals surface area contributed by atoms with Gasteiger partial charge in [0, 0.05) is 5.69 Å². The van der Waals surface area contributed by atoms with Crippen molar-refractivity contribution < 1.29 is 31.4 Å². The van der Waals surface area contributed by atoms with E-state index in [1.807, 2.05) is 0 Å². The quantitative estimate of drug-likeness (QED) is 0.795. The van der Waals surface area contributed by atoms with Crippen LogP contribution in [0.1, 0.15) is 23.4 Å². The number of anilines is 1. The van der Waals surface area contributed by atoms with Crippen LogP contribution in [-0.4, -0.2) is 32.7 Å². The maximum atomic E-state index is 13.6. The van der Waals surface area contributed by atoms with E-state index in [0.29, 0.717) is 6.07 Å². The minimum Gasteiger partial charge on any atom is -0.362 e. The van der Waals surface area contributed by atoms with E-state index in [9.17, 15) is 31.4 Å². The molecule has 5 nitrogen and oxygen atoms in total. The summed E-state index contributed by atoms with van der Waals surface area (Å²) in [5, 5.41) is 14.0. The summed E-state index contributed by atoms with van der Waals surface area (Å²) in [6.07, 6.45) is -11.1. The van der Waals surface area contributed by atoms with Crippen LogP contribution in [0.5, 0.6) is 0 Å². The molecular formula is C16H12F6N4O. The number of nitrogens with zero attached hydrogens (tertiary/aromatic N) is 4. The van der Waals surface area contributed by atoms with Crippen LogP contribution in [0.2, 0.25) is 0 Å². The molecule has 27 heavy (non-hydrogen) atoms. The molecule has 0 radical (unpaired) electrons. The number of aryl methyl sites for hydroxylation is 1. The number of rotatable bonds is 2. The Kier molecular flexibility index (Phi) is 4.37. The summed E-state index contributed by atoms with van der Waals surface area (Å²) in [4.78, 5) is 6.76. The third-order valence-corrected chi connectivity index (χ3v) is 3.87. The van der Waals surface area contributed by atoms with Gasteiger partial charge < -0.3 is 5.11 Å². The largest absolute Gasteiger partial charge is 0.438 e. The SMILES string of the molecule is Cc1cc(C(F)(F)F)nc(N2N=C(c3ccccc3)CC2(O)C(F)(F)F)n1. The monoisotopic (exact) mass is 390 g/mol. The van der Waals surface area contributed by atoms with Gasteiger partial charge in [0.05, 0.1) is 12.1 Å². The molecule has 1 N–H and O–H groups in total. The zero-order valence-corrected chi connectivity index (χ0v) is 13.7. The van der Waals surface area contributed by atoms with E-state index in [1.165, 1.54) is 19.1 Å². The van der Waals surface area contributed by atoms with Crippen molar-refractivity contribution in [3.63, 3.8) is 0 Å². The summed E-state index contributed by atoms with van der Waals surface area (Å²) < 4.78 is 79.6. The molecule has 3 rings (SSSR count). The molecule has 0 saturated heterocycles. The molecule has 0 amide bonds. The zero-order valence-electron chi connectivity index (χ0n) is 13.7. The summed E-state index contributed by atoms with van der Waals surface area (Å²) in [6.45, 7) is 1.17. The number of aliphatic hydroxyl groups is 1. The number of hydrogen-bond donors (Lipinski definition) is 1. The lowest BCUT2D eigenvalue weighted by molar-refractivity contribution is -0.254. The third-order valence-electron chi connectivity index (χ3n) is 3.87. The maximum Gasteiger partial charge on any atom is 0.438 e. The number of hydrogen-bond acceptors (Lipinski definition) is 5. The first kappa shape index (κ1) is 19.1. The minimum absolute atomic E-state index is 0.00241. The highest BCUT2D eigenvalue weighted by atomic mass is 19.4. The second-order valence-corrected chi connectivity index (χ2v) is 5.91. The Morgan fingerprint density at radius 1 is 1.04 bits per heavy atom. The first-order valence-electron chi connectivity index (χ1n) is 7.57. The van der Waals surface area contributed by atoms with Gasteiger partial charge >= 0.3 is 12.4 Å². The number of benzene rings is 1. The summed E-state index contributed by atoms with van der Waals surface area (Å²) in [5.74, 6) is -0.993. The van der Waals surface area contributed by atoms with Crippen LogP contribution in [-0.2, 0) is 6.18 Å². The molecule has 1 atom stereocenters. The van der Waals surface area contributed by atoms with Gasteiger partial charge in [-0.1, -0.05) is 30.3 Å². The summed E-state index contributed by atoms with van der Waals surface area (Å²) in [5.41, 5.74) is -5.10. The summed E-state index contributed by atoms with van der Waals surface area (Å²) in [6, 6.07) is 8.27. The van der Waals surface area contributed by atoms with Crippen molar-refractivity contribution in [2.75, 3.05) is 5.01 Å². The predicted molar refractivity (Wildman–Crippen MR) is 82.9 cm³/mol. The Morgan fingerprint density at radius 2 is 1.67 bits per heavy atom. The summed E-state index contributed by atoms with van der Waals surface area (Å²) >= 11 is 0. The molecule has 2 aromatic rings. The number of alkyl halides is 6. The standard InChI is InChI=1S/C16H12F6N4O/c1-9-7-12(15(17,18)19)24-13(23-9)26-14(27,16(20,21)22)8-11(25-26)10-5-3-2-4-6-10/h2-7,27H,8H2,1H3. The van der Waals surface area contributed by atoms with Crippen molar-refractivity contribution in [3.8, 4) is 0 Å². The smallest absolute Gasteiger partial charge is 0.362 e. The lowest BCUT2D eigenvalue weighted by Gasteiger charge is -2.32. The Labute approximate surface area is 149 Å². The molecule has 0 fully saturated rings. The van der Waals surface area contributed by atoms with E-state index in [1.54, 1.807) is 18.2 Å². The van der Waals surface area contributed by atoms with Gasteiger partial charge in [-0.3, -0.25) is 0 Å². The van der Waals surface area contributed by atoms with E-state index in [2.05, 4.69) is 15.1 Å². The van der Waals surface area contributed by atoms with Gasteiger partial charge in [0.2, 0.25) is 5.95 Å². The van der Waals surface area contributed by atoms with Crippen LogP contribution in [0.4, 0.5) is 32.3 Å². The van der Waals surface area contributed by atoms with Crippen LogP contribution in [0.15, 0.2) is 41.5 Å². The molecule has 2 heterocycles. The van der Waals surface area contributed by atoms with Gasteiger partial charge in [-0.2, -0.15) is 36.5 Å². The molecule has 1 unspecified atom stereocenters. The minimum atomic E-state index is -5.22. The highest BCUT2D eigenvalue weighted by molar-refractivity contribution is 6.03. The highest BCUT2D eigenvalue weighted by Gasteiger charge is 2.63. The van der Waals surface area contributed by atoms with E-state index in [4.69, 9.17) is 0 Å². The van der Waals surface area contributed by atoms with Gasteiger partial charge in [0.15, 0.2) is 0 Å². The molecule has 1 aliphatic rings. The van der Waals surface area contributed by atoms with E-state index in [-0.39, 0.29) is 22.0 Å². The zero-order chi connectivity index (χ0) is 20.0. The molecule has 144 valence electrons. The Hall–Kier alpha value is -2.69. The fourth-order valence-electron chi connectivity index (χ4n) is 2.56. The lowest BCUT2D eigenvalue weighted by Crippen LogP contribution is -2.55. The first-order valence-corrected chi connectivity index (χ1v) is 7.57. The fraction of sp³-hybridized carbons (Fsp3) is 0.312. The molecule has 1 aromatic carbocycles. The number of halogens is 6. The first-order chi connectivity index (χ1) is 12.4. The Balaban J connectivity index is 2.15. The molecule has 0 aliphatic carbocycles. The van der Waals surface area contributed by atoms with Crippen LogP contribution in [0, 0.1) is 6.92 Å². The highest BCUT2D eigenvalue weighted by Crippen LogP contribution is 2.43. The van der Waals surface area contributed by atoms with Crippen molar-refractivity contribution in [2.45, 2.75) is 31.4 Å². The van der Waals surface area contributed by atoms with Crippen LogP contribution in [0.3, 0.4) is 0 Å². The molecule has 0 bridgehead atoms. The van der Waals surface area contributed by atoms with E-state index >= 15 is 0 Å². The van der Waals surface area contributed by atoms with Crippen molar-refractivity contribution in [2.24, 2.45) is 5.10 Å². The van der Waals surface area contributed by atoms with Crippen molar-refractivity contribution in [1.29, 1.82) is 0 Å². The third kappa shape index (κ3) is 3.46. The number of hydrazone groups is 1. The molecule has 0 saturated carbocycles. The second kappa shape index (κ2) is 6.19. The van der Waals surface area contributed by atoms with E-state index < -0.39 is 36.1 Å². The Morgan fingerprint density at radius 3 is 2.22 bits per heavy atom. The van der Waals surface area contributed by atoms with Gasteiger partial charge in [0.1, 0.15) is 5.69 Å². The number of aromatic nitrogens is 2. The van der Waals surface area contributed by atoms with Gasteiger partial charge in [-0.15, -0.1) is 0 Å². The van der Waals surface area contributed by atoms with Crippen LogP contribution < -0.4 is 5.01 Å². The predicted octanol–water partition coefficient (Wildman–Crippen LogP) is 3.67. The van der Waals surface area contributed by atoms with E-state index in [0.717, 1.165) is 0 Å². The van der Waals surface area contributed by atoms with Gasteiger partial charge in [-0.25, -0.2) is 9.97 Å². The maximum absolute atomic E-state index is 13.6. The van der Waals surface area contributed by atoms with Crippen molar-refractivity contribution >= 4 is 11.7 Å². The topological polar surface area (TPSA) is 61.6 Å². The second-order valence-electron chi connectivity index (χ2n) is 5.91. The molecule has 0 spiro atoms. The molecule has 11 heteroatoms. The fourth-order valence-corrected chi connectivity index (χ4v) is 2.56. The van der Waals surface area contributed by atoms with Gasteiger partial charge in [0.25, 0.3) is 5.72 Å². The normalized spacial score (nSPS) is 20.7. The van der Waals surface area contributed by atoms with Crippen LogP contribution >= 0.6 is 0 Å². The van der Waals surface area contributed by atoms with Crippen molar-refractivity contribution in [3.05, 3.63) is 53.3 Å². The van der Waals surface area contributed by atoms with Crippen LogP contribution in [0.25, 0.3) is 0 Å². The molecular weight excluding hydrogens is 378 g/mol. The average Bonchev–Trinajstić information content (AvgIpc) is 2.93. The molecule has 1 aromatic heterocycles. The summed E-state index contributed by atoms with van der Waals surface area (Å²) in [7, 11) is 0. The lowest BCUT2D eigenvalue weighted by atomic mass is 10.0.